The number of nitrogens with zero attached hydrogens (tertiary/aromatic N) is 6. The number of hydrogen-bond acceptors (Lipinski definition) is 9. The van der Waals surface area contributed by atoms with Gasteiger partial charge in [-0.1, -0.05) is 52.0 Å². The molecule has 0 aliphatic carbocycles. The average Bonchev–Trinajstić information content (AvgIpc) is 4.05. The molecular weight excluding hydrogens is 753 g/mol. The number of benzene rings is 2. The molecule has 2 unspecified atom stereocenters. The van der Waals surface area contributed by atoms with Gasteiger partial charge in [0.15, 0.2) is 11.3 Å². The van der Waals surface area contributed by atoms with E-state index in [4.69, 9.17) is 14.7 Å². The lowest BCUT2D eigenvalue weighted by Crippen LogP contribution is -2.51. The molecule has 6 heterocycles. The molecule has 2 aliphatic heterocycles. The fraction of sp³-hybridized carbons (Fsp3) is 0.395. The van der Waals surface area contributed by atoms with E-state index >= 15 is 0 Å². The molecule has 4 aromatic heterocycles. The maximum absolute atomic E-state index is 13.6. The molecule has 2 saturated heterocycles. The minimum Gasteiger partial charge on any atom is -0.465 e. The second-order valence-corrected chi connectivity index (χ2v) is 16.1. The van der Waals surface area contributed by atoms with E-state index in [1.807, 2.05) is 46.0 Å². The zero-order valence-electron chi connectivity index (χ0n) is 33.7. The molecule has 2 fully saturated rings. The first-order valence-corrected chi connectivity index (χ1v) is 20.1. The van der Waals surface area contributed by atoms with Gasteiger partial charge in [-0.05, 0) is 83.7 Å². The van der Waals surface area contributed by atoms with Gasteiger partial charge >= 0.3 is 12.2 Å². The molecule has 2 aliphatic rings. The van der Waals surface area contributed by atoms with Gasteiger partial charge in [-0.25, -0.2) is 29.5 Å². The van der Waals surface area contributed by atoms with Crippen molar-refractivity contribution < 1.29 is 29.0 Å². The molecule has 5 N–H and O–H groups in total. The molecular formula is C43H48N10O6. The van der Waals surface area contributed by atoms with Crippen LogP contribution in [-0.4, -0.2) is 101 Å². The summed E-state index contributed by atoms with van der Waals surface area (Å²) in [5, 5.41) is 16.5. The van der Waals surface area contributed by atoms with Crippen LogP contribution in [0.1, 0.15) is 77.1 Å². The van der Waals surface area contributed by atoms with Gasteiger partial charge in [0.1, 0.15) is 23.7 Å². The third kappa shape index (κ3) is 7.74. The summed E-state index contributed by atoms with van der Waals surface area (Å²) in [6.45, 7) is 8.53. The maximum atomic E-state index is 13.6. The molecule has 4 atom stereocenters. The largest absolute Gasteiger partial charge is 0.465 e. The first-order chi connectivity index (χ1) is 28.4. The van der Waals surface area contributed by atoms with E-state index < -0.39 is 24.3 Å². The van der Waals surface area contributed by atoms with Crippen molar-refractivity contribution in [3.63, 3.8) is 0 Å². The van der Waals surface area contributed by atoms with Crippen molar-refractivity contribution in [1.29, 1.82) is 0 Å². The molecule has 2 aromatic carbocycles. The number of alkyl carbamates (subject to hydrolysis) is 1. The number of aromatic amines is 2. The van der Waals surface area contributed by atoms with Crippen LogP contribution in [0, 0.1) is 11.8 Å². The van der Waals surface area contributed by atoms with Crippen LogP contribution in [0.15, 0.2) is 60.9 Å². The van der Waals surface area contributed by atoms with Crippen molar-refractivity contribution in [2.45, 2.75) is 77.5 Å². The summed E-state index contributed by atoms with van der Waals surface area (Å²) in [5.74, 6) is 0.562. The highest BCUT2D eigenvalue weighted by Gasteiger charge is 2.39. The van der Waals surface area contributed by atoms with Crippen molar-refractivity contribution in [3.8, 4) is 22.3 Å². The van der Waals surface area contributed by atoms with Crippen LogP contribution in [0.4, 0.5) is 9.59 Å². The highest BCUT2D eigenvalue weighted by molar-refractivity contribution is 5.93. The van der Waals surface area contributed by atoms with Gasteiger partial charge < -0.3 is 40.2 Å². The summed E-state index contributed by atoms with van der Waals surface area (Å²) in [6.07, 6.45) is 4.83. The lowest BCUT2D eigenvalue weighted by atomic mass is 9.99. The monoisotopic (exact) mass is 800 g/mol. The summed E-state index contributed by atoms with van der Waals surface area (Å²) in [4.78, 5) is 79.7. The Bertz CT molecular complexity index is 2580. The van der Waals surface area contributed by atoms with Gasteiger partial charge in [0.25, 0.3) is 0 Å². The Morgan fingerprint density at radius 2 is 1.15 bits per heavy atom. The van der Waals surface area contributed by atoms with E-state index in [-0.39, 0.29) is 35.7 Å². The van der Waals surface area contributed by atoms with Crippen molar-refractivity contribution in [1.82, 2.24) is 50.3 Å². The van der Waals surface area contributed by atoms with Gasteiger partial charge in [0.05, 0.1) is 30.2 Å². The predicted molar refractivity (Wildman–Crippen MR) is 221 cm³/mol. The zero-order chi connectivity index (χ0) is 41.5. The Hall–Kier alpha value is -6.58. The summed E-state index contributed by atoms with van der Waals surface area (Å²) < 4.78 is 4.77. The van der Waals surface area contributed by atoms with E-state index in [2.05, 4.69) is 67.0 Å². The summed E-state index contributed by atoms with van der Waals surface area (Å²) in [6, 6.07) is 14.5. The molecule has 16 heteroatoms. The minimum atomic E-state index is -1.22. The molecule has 59 heavy (non-hydrogen) atoms. The summed E-state index contributed by atoms with van der Waals surface area (Å²) >= 11 is 0. The van der Waals surface area contributed by atoms with Crippen LogP contribution in [0.2, 0.25) is 0 Å². The van der Waals surface area contributed by atoms with E-state index in [0.717, 1.165) is 69.7 Å². The number of aromatic nitrogens is 6. The summed E-state index contributed by atoms with van der Waals surface area (Å²) in [5.41, 5.74) is 6.46. The highest BCUT2D eigenvalue weighted by atomic mass is 16.5. The molecule has 16 nitrogen and oxygen atoms in total. The van der Waals surface area contributed by atoms with Gasteiger partial charge in [0, 0.05) is 36.6 Å². The number of carbonyl (C=O) groups is 4. The third-order valence-corrected chi connectivity index (χ3v) is 11.5. The number of H-pyrrole nitrogens is 2. The number of imidazole rings is 2. The Kier molecular flexibility index (Phi) is 10.6. The standard InChI is InChI=1S/C43H48N10O6/c1-22(2)34(48-42(56)57)40(54)52-14-6-8-32(52)38-46-30-18-28(20-44-36(30)50-38)26-12-10-25-17-27(13-11-24(25)16-26)29-19-31-37(45-21-29)51-39(47-31)33-9-7-15-53(33)41(55)35(23(3)4)49-43(58)59-5/h10-13,16-23,32-35,48H,6-9,14-15H2,1-5H3,(H,49,58)(H,56,57)(H,44,46,50)(H,45,47,51)/t32-,33-,34?,35?/m0/s1. The molecule has 4 amide bonds. The number of likely N-dealkylation sites (tertiary alicyclic amines) is 2. The van der Waals surface area contributed by atoms with E-state index in [0.29, 0.717) is 36.0 Å². The second kappa shape index (κ2) is 16.0. The Morgan fingerprint density at radius 3 is 1.58 bits per heavy atom. The number of carbonyl (C=O) groups excluding carboxylic acids is 3. The SMILES string of the molecule is COC(=O)NC(C(=O)N1CCC[C@H]1c1nc2ncc(-c3ccc4cc(-c5cnc6nc([C@@H]7CCCN7C(=O)C(NC(=O)O)C(C)C)[nH]c6c5)ccc4c3)cc2[nH]1)C(C)C. The zero-order valence-corrected chi connectivity index (χ0v) is 33.7. The highest BCUT2D eigenvalue weighted by Crippen LogP contribution is 2.36. The molecule has 0 radical (unpaired) electrons. The van der Waals surface area contributed by atoms with Crippen molar-refractivity contribution in [2.24, 2.45) is 11.8 Å². The number of fused-ring (bicyclic) bond motifs is 3. The van der Waals surface area contributed by atoms with Crippen LogP contribution < -0.4 is 10.6 Å². The summed E-state index contributed by atoms with van der Waals surface area (Å²) in [7, 11) is 1.28. The molecule has 0 spiro atoms. The van der Waals surface area contributed by atoms with Crippen LogP contribution >= 0.6 is 0 Å². The topological polar surface area (TPSA) is 211 Å². The quantitative estimate of drug-likeness (QED) is 0.0988. The normalized spacial score (nSPS) is 17.9. The average molecular weight is 801 g/mol. The predicted octanol–water partition coefficient (Wildman–Crippen LogP) is 6.72. The van der Waals surface area contributed by atoms with Crippen molar-refractivity contribution in [2.75, 3.05) is 20.2 Å². The Balaban J connectivity index is 0.997. The lowest BCUT2D eigenvalue weighted by molar-refractivity contribution is -0.136. The smallest absolute Gasteiger partial charge is 0.407 e. The van der Waals surface area contributed by atoms with Crippen LogP contribution in [0.5, 0.6) is 0 Å². The number of pyridine rings is 2. The van der Waals surface area contributed by atoms with E-state index in [1.54, 1.807) is 16.0 Å². The number of methoxy groups -OCH3 is 1. The fourth-order valence-corrected chi connectivity index (χ4v) is 8.41. The Labute approximate surface area is 340 Å². The van der Waals surface area contributed by atoms with Crippen LogP contribution in [0.25, 0.3) is 55.4 Å². The fourth-order valence-electron chi connectivity index (χ4n) is 8.41. The molecule has 0 bridgehead atoms. The third-order valence-electron chi connectivity index (χ3n) is 11.5. The molecule has 8 rings (SSSR count). The molecule has 6 aromatic rings. The van der Waals surface area contributed by atoms with Crippen molar-refractivity contribution in [3.05, 3.63) is 72.6 Å². The molecule has 0 saturated carbocycles. The lowest BCUT2D eigenvalue weighted by Gasteiger charge is -2.29. The number of rotatable bonds is 10. The maximum Gasteiger partial charge on any atom is 0.407 e. The van der Waals surface area contributed by atoms with Gasteiger partial charge in [-0.2, -0.15) is 0 Å². The van der Waals surface area contributed by atoms with Gasteiger partial charge in [-0.15, -0.1) is 0 Å². The second-order valence-electron chi connectivity index (χ2n) is 16.1. The Morgan fingerprint density at radius 1 is 0.695 bits per heavy atom. The number of nitrogens with one attached hydrogen (secondary N) is 4. The van der Waals surface area contributed by atoms with E-state index in [1.165, 1.54) is 7.11 Å². The van der Waals surface area contributed by atoms with Crippen molar-refractivity contribution >= 4 is 57.1 Å². The van der Waals surface area contributed by atoms with Gasteiger partial charge in [0.2, 0.25) is 11.8 Å². The molecule has 306 valence electrons. The van der Waals surface area contributed by atoms with E-state index in [9.17, 15) is 24.3 Å². The van der Waals surface area contributed by atoms with Crippen LogP contribution in [0.3, 0.4) is 0 Å². The number of amides is 4. The number of ether oxygens (including phenoxy) is 1. The first-order valence-electron chi connectivity index (χ1n) is 20.1. The number of carboxylic acid groups (broad SMARTS) is 1. The first kappa shape index (κ1) is 39.3. The number of hydrogen-bond donors (Lipinski definition) is 5. The van der Waals surface area contributed by atoms with Gasteiger partial charge in [-0.3, -0.25) is 9.59 Å². The minimum absolute atomic E-state index is 0.126. The van der Waals surface area contributed by atoms with Crippen LogP contribution in [-0.2, 0) is 14.3 Å².